The number of amides is 1. The van der Waals surface area contributed by atoms with Gasteiger partial charge in [-0.15, -0.1) is 0 Å². The molecule has 0 unspecified atom stereocenters. The SMILES string of the molecule is CCCNc1ccc(C(=O)Nc2cccnc2C)cn1. The van der Waals surface area contributed by atoms with Crippen molar-refractivity contribution in [2.24, 2.45) is 0 Å². The van der Waals surface area contributed by atoms with Gasteiger partial charge in [0, 0.05) is 18.9 Å². The Morgan fingerprint density at radius 3 is 2.75 bits per heavy atom. The van der Waals surface area contributed by atoms with Crippen molar-refractivity contribution < 1.29 is 4.79 Å². The zero-order valence-electron chi connectivity index (χ0n) is 11.7. The van der Waals surface area contributed by atoms with Crippen LogP contribution in [0.5, 0.6) is 0 Å². The molecule has 2 N–H and O–H groups in total. The van der Waals surface area contributed by atoms with Gasteiger partial charge in [-0.2, -0.15) is 0 Å². The molecule has 0 aliphatic rings. The Balaban J connectivity index is 2.04. The average molecular weight is 270 g/mol. The van der Waals surface area contributed by atoms with E-state index in [-0.39, 0.29) is 5.91 Å². The Labute approximate surface area is 118 Å². The highest BCUT2D eigenvalue weighted by atomic mass is 16.1. The van der Waals surface area contributed by atoms with Crippen LogP contribution in [0.25, 0.3) is 0 Å². The molecule has 5 nitrogen and oxygen atoms in total. The molecule has 2 rings (SSSR count). The zero-order valence-corrected chi connectivity index (χ0v) is 11.7. The molecular weight excluding hydrogens is 252 g/mol. The smallest absolute Gasteiger partial charge is 0.257 e. The largest absolute Gasteiger partial charge is 0.370 e. The number of pyridine rings is 2. The van der Waals surface area contributed by atoms with Crippen LogP contribution in [-0.4, -0.2) is 22.4 Å². The summed E-state index contributed by atoms with van der Waals surface area (Å²) in [6, 6.07) is 7.18. The number of nitrogens with zero attached hydrogens (tertiary/aromatic N) is 2. The number of nitrogens with one attached hydrogen (secondary N) is 2. The van der Waals surface area contributed by atoms with E-state index in [0.717, 1.165) is 24.5 Å². The van der Waals surface area contributed by atoms with Gasteiger partial charge in [0.15, 0.2) is 0 Å². The lowest BCUT2D eigenvalue weighted by Crippen LogP contribution is -2.13. The number of anilines is 2. The normalized spacial score (nSPS) is 10.1. The van der Waals surface area contributed by atoms with Gasteiger partial charge in [0.25, 0.3) is 5.91 Å². The Bertz CT molecular complexity index is 581. The Morgan fingerprint density at radius 2 is 2.10 bits per heavy atom. The van der Waals surface area contributed by atoms with E-state index < -0.39 is 0 Å². The average Bonchev–Trinajstić information content (AvgIpc) is 2.48. The molecule has 20 heavy (non-hydrogen) atoms. The van der Waals surface area contributed by atoms with Crippen molar-refractivity contribution in [2.45, 2.75) is 20.3 Å². The highest BCUT2D eigenvalue weighted by Crippen LogP contribution is 2.13. The minimum Gasteiger partial charge on any atom is -0.370 e. The molecule has 0 bridgehead atoms. The quantitative estimate of drug-likeness (QED) is 0.876. The molecule has 0 radical (unpaired) electrons. The summed E-state index contributed by atoms with van der Waals surface area (Å²) >= 11 is 0. The number of hydrogen-bond donors (Lipinski definition) is 2. The molecule has 2 heterocycles. The van der Waals surface area contributed by atoms with Crippen molar-refractivity contribution in [3.05, 3.63) is 47.9 Å². The molecule has 2 aromatic heterocycles. The number of rotatable bonds is 5. The van der Waals surface area contributed by atoms with Gasteiger partial charge < -0.3 is 10.6 Å². The van der Waals surface area contributed by atoms with Gasteiger partial charge in [0.05, 0.1) is 16.9 Å². The first-order valence-electron chi connectivity index (χ1n) is 6.63. The van der Waals surface area contributed by atoms with Crippen LogP contribution in [0, 0.1) is 6.92 Å². The number of carbonyl (C=O) groups excluding carboxylic acids is 1. The highest BCUT2D eigenvalue weighted by molar-refractivity contribution is 6.04. The fourth-order valence-corrected chi connectivity index (χ4v) is 1.70. The molecule has 5 heteroatoms. The van der Waals surface area contributed by atoms with E-state index in [1.54, 1.807) is 30.6 Å². The summed E-state index contributed by atoms with van der Waals surface area (Å²) in [7, 11) is 0. The summed E-state index contributed by atoms with van der Waals surface area (Å²) in [6.45, 7) is 4.81. The van der Waals surface area contributed by atoms with Crippen LogP contribution < -0.4 is 10.6 Å². The van der Waals surface area contributed by atoms with Crippen LogP contribution in [0.4, 0.5) is 11.5 Å². The Morgan fingerprint density at radius 1 is 1.25 bits per heavy atom. The van der Waals surface area contributed by atoms with Crippen molar-refractivity contribution in [3.63, 3.8) is 0 Å². The summed E-state index contributed by atoms with van der Waals surface area (Å²) in [5.41, 5.74) is 2.02. The standard InChI is InChI=1S/C15H18N4O/c1-3-8-17-14-7-6-12(10-18-14)15(20)19-13-5-4-9-16-11(13)2/h4-7,9-10H,3,8H2,1-2H3,(H,17,18)(H,19,20). The van der Waals surface area contributed by atoms with E-state index in [0.29, 0.717) is 11.3 Å². The third kappa shape index (κ3) is 3.54. The van der Waals surface area contributed by atoms with Crippen LogP contribution in [0.1, 0.15) is 29.4 Å². The lowest BCUT2D eigenvalue weighted by atomic mass is 10.2. The van der Waals surface area contributed by atoms with E-state index in [4.69, 9.17) is 0 Å². The van der Waals surface area contributed by atoms with Gasteiger partial charge in [-0.05, 0) is 37.6 Å². The van der Waals surface area contributed by atoms with E-state index in [1.165, 1.54) is 0 Å². The Kier molecular flexibility index (Phi) is 4.65. The minimum atomic E-state index is -0.185. The van der Waals surface area contributed by atoms with Crippen molar-refractivity contribution in [1.29, 1.82) is 0 Å². The summed E-state index contributed by atoms with van der Waals surface area (Å²) < 4.78 is 0. The summed E-state index contributed by atoms with van der Waals surface area (Å²) in [4.78, 5) is 20.4. The van der Waals surface area contributed by atoms with E-state index in [9.17, 15) is 4.79 Å². The molecule has 1 amide bonds. The molecule has 0 aliphatic carbocycles. The van der Waals surface area contributed by atoms with Crippen molar-refractivity contribution in [2.75, 3.05) is 17.2 Å². The molecule has 0 fully saturated rings. The van der Waals surface area contributed by atoms with Crippen LogP contribution in [0.15, 0.2) is 36.7 Å². The molecular formula is C15H18N4O. The van der Waals surface area contributed by atoms with Crippen molar-refractivity contribution in [3.8, 4) is 0 Å². The fraction of sp³-hybridized carbons (Fsp3) is 0.267. The van der Waals surface area contributed by atoms with E-state index >= 15 is 0 Å². The van der Waals surface area contributed by atoms with Crippen LogP contribution in [0.2, 0.25) is 0 Å². The maximum absolute atomic E-state index is 12.1. The van der Waals surface area contributed by atoms with E-state index in [2.05, 4.69) is 27.5 Å². The lowest BCUT2D eigenvalue weighted by Gasteiger charge is -2.08. The number of aryl methyl sites for hydroxylation is 1. The first-order chi connectivity index (χ1) is 9.70. The molecule has 0 saturated carbocycles. The van der Waals surface area contributed by atoms with Gasteiger partial charge in [-0.1, -0.05) is 6.92 Å². The highest BCUT2D eigenvalue weighted by Gasteiger charge is 2.08. The van der Waals surface area contributed by atoms with Crippen LogP contribution in [-0.2, 0) is 0 Å². The third-order valence-electron chi connectivity index (χ3n) is 2.84. The van der Waals surface area contributed by atoms with Crippen LogP contribution in [0.3, 0.4) is 0 Å². The fourth-order valence-electron chi connectivity index (χ4n) is 1.70. The Hall–Kier alpha value is -2.43. The molecule has 0 atom stereocenters. The summed E-state index contributed by atoms with van der Waals surface area (Å²) in [5.74, 6) is 0.594. The second kappa shape index (κ2) is 6.65. The zero-order chi connectivity index (χ0) is 14.4. The van der Waals surface area contributed by atoms with Gasteiger partial charge in [0.1, 0.15) is 5.82 Å². The number of hydrogen-bond acceptors (Lipinski definition) is 4. The van der Waals surface area contributed by atoms with Crippen LogP contribution >= 0.6 is 0 Å². The van der Waals surface area contributed by atoms with Gasteiger partial charge >= 0.3 is 0 Å². The van der Waals surface area contributed by atoms with E-state index in [1.807, 2.05) is 13.0 Å². The molecule has 0 aromatic carbocycles. The topological polar surface area (TPSA) is 66.9 Å². The van der Waals surface area contributed by atoms with Crippen molar-refractivity contribution in [1.82, 2.24) is 9.97 Å². The molecule has 0 saturated heterocycles. The van der Waals surface area contributed by atoms with Gasteiger partial charge in [0.2, 0.25) is 0 Å². The van der Waals surface area contributed by atoms with Gasteiger partial charge in [-0.3, -0.25) is 9.78 Å². The third-order valence-corrected chi connectivity index (χ3v) is 2.84. The second-order valence-corrected chi connectivity index (χ2v) is 4.45. The van der Waals surface area contributed by atoms with Crippen molar-refractivity contribution >= 4 is 17.4 Å². The molecule has 0 aliphatic heterocycles. The first-order valence-corrected chi connectivity index (χ1v) is 6.63. The maximum atomic E-state index is 12.1. The summed E-state index contributed by atoms with van der Waals surface area (Å²) in [6.07, 6.45) is 4.30. The second-order valence-electron chi connectivity index (χ2n) is 4.45. The molecule has 104 valence electrons. The summed E-state index contributed by atoms with van der Waals surface area (Å²) in [5, 5.41) is 5.99. The minimum absolute atomic E-state index is 0.185. The monoisotopic (exact) mass is 270 g/mol. The maximum Gasteiger partial charge on any atom is 0.257 e. The first kappa shape index (κ1) is 14.0. The van der Waals surface area contributed by atoms with Gasteiger partial charge in [-0.25, -0.2) is 4.98 Å². The molecule has 0 spiro atoms. The predicted octanol–water partition coefficient (Wildman–Crippen LogP) is 2.86. The lowest BCUT2D eigenvalue weighted by molar-refractivity contribution is 0.102. The number of carbonyl (C=O) groups is 1. The molecule has 2 aromatic rings. The number of aromatic nitrogens is 2. The predicted molar refractivity (Wildman–Crippen MR) is 79.9 cm³/mol.